The number of nitrogen functional groups attached to an aromatic ring is 2. The number of hydrogen-bond donors (Lipinski definition) is 3. The summed E-state index contributed by atoms with van der Waals surface area (Å²) in [4.78, 5) is 23.5. The Hall–Kier alpha value is -3.18. The number of nitrogens with zero attached hydrogens (tertiary/aromatic N) is 6. The molecule has 0 aliphatic carbocycles. The molecule has 0 saturated carbocycles. The number of carboxylic acids is 1. The van der Waals surface area contributed by atoms with E-state index in [-0.39, 0.29) is 198 Å². The van der Waals surface area contributed by atoms with Gasteiger partial charge >= 0.3 is 148 Å². The molecular weight excluding hydrogens is 986 g/mol. The fourth-order valence-electron chi connectivity index (χ4n) is 6.15. The molecule has 7 aromatic rings. The number of aryl methyl sites for hydroxylation is 2. The predicted octanol–water partition coefficient (Wildman–Crippen LogP) is -7.33. The third kappa shape index (κ3) is 16.4. The molecule has 20 nitrogen and oxygen atoms in total. The van der Waals surface area contributed by atoms with Crippen LogP contribution in [0.25, 0.3) is 32.7 Å². The average molecular weight is 1010 g/mol. The Morgan fingerprint density at radius 3 is 1.42 bits per heavy atom. The Kier molecular flexibility index (Phi) is 23.8. The number of rotatable bonds is 12. The van der Waals surface area contributed by atoms with Crippen LogP contribution in [0.5, 0.6) is 11.5 Å². The van der Waals surface area contributed by atoms with E-state index in [1.54, 1.807) is 62.4 Å². The van der Waals surface area contributed by atoms with Gasteiger partial charge in [0.25, 0.3) is 26.7 Å². The van der Waals surface area contributed by atoms with Crippen LogP contribution in [0, 0.1) is 26.0 Å². The fraction of sp³-hybridized carbons (Fsp3) is 0.0476. The summed E-state index contributed by atoms with van der Waals surface area (Å²) in [6.45, 7) is 3.56. The van der Waals surface area contributed by atoms with Gasteiger partial charge in [0.1, 0.15) is 11.7 Å². The number of benzene rings is 7. The van der Waals surface area contributed by atoms with E-state index in [4.69, 9.17) is 15.7 Å². The van der Waals surface area contributed by atoms with Crippen molar-refractivity contribution in [3.8, 4) is 22.6 Å². The Morgan fingerprint density at radius 1 is 0.565 bits per heavy atom. The van der Waals surface area contributed by atoms with Crippen LogP contribution in [-0.2, 0) is 30.4 Å². The van der Waals surface area contributed by atoms with Gasteiger partial charge in [0.15, 0.2) is 0 Å². The number of aliphatic carboxylic acids is 1. The summed E-state index contributed by atoms with van der Waals surface area (Å²) in [5.74, 6) is -4.39. The largest absolute Gasteiger partial charge is 1.00 e. The molecule has 0 aliphatic rings. The number of carbonyl (C=O) groups is 2. The first-order chi connectivity index (χ1) is 30.3. The molecule has 0 aliphatic heterocycles. The molecular formula is C42H28N9Na5O11S2. The van der Waals surface area contributed by atoms with Crippen LogP contribution in [0.15, 0.2) is 134 Å². The quantitative estimate of drug-likeness (QED) is 0.0195. The van der Waals surface area contributed by atoms with Gasteiger partial charge in [-0.05, 0) is 78.6 Å². The van der Waals surface area contributed by atoms with Gasteiger partial charge in [-0.25, -0.2) is 16.8 Å². The van der Waals surface area contributed by atoms with Gasteiger partial charge < -0.3 is 44.2 Å². The van der Waals surface area contributed by atoms with Crippen molar-refractivity contribution in [1.29, 1.82) is 0 Å². The van der Waals surface area contributed by atoms with Crippen molar-refractivity contribution in [3.05, 3.63) is 126 Å². The average Bonchev–Trinajstić information content (AvgIpc) is 3.22. The number of fused-ring (bicyclic) bond motifs is 2. The van der Waals surface area contributed by atoms with Crippen LogP contribution < -0.4 is 178 Å². The van der Waals surface area contributed by atoms with Crippen LogP contribution in [0.1, 0.15) is 11.1 Å². The first-order valence-corrected chi connectivity index (χ1v) is 20.9. The molecule has 0 atom stereocenters. The summed E-state index contributed by atoms with van der Waals surface area (Å²) < 4.78 is 78.8. The van der Waals surface area contributed by atoms with E-state index in [1.165, 1.54) is 42.5 Å². The number of azo groups is 3. The smallest absolute Gasteiger partial charge is 0.717 e. The topological polar surface area (TPSA) is 328 Å². The van der Waals surface area contributed by atoms with E-state index in [0.29, 0.717) is 39.0 Å². The predicted molar refractivity (Wildman–Crippen MR) is 229 cm³/mol. The molecule has 7 aromatic carbocycles. The molecule has 324 valence electrons. The fourth-order valence-corrected chi connectivity index (χ4v) is 6.90. The number of nitrogens with one attached hydrogen (secondary N) is 1. The second kappa shape index (κ2) is 26.5. The van der Waals surface area contributed by atoms with Gasteiger partial charge in [0, 0.05) is 22.7 Å². The molecule has 0 fully saturated rings. The van der Waals surface area contributed by atoms with Crippen molar-refractivity contribution in [1.82, 2.24) is 0 Å². The van der Waals surface area contributed by atoms with E-state index < -0.39 is 38.4 Å². The normalized spacial score (nSPS) is 11.2. The molecule has 0 unspecified atom stereocenters. The van der Waals surface area contributed by atoms with E-state index >= 15 is 0 Å². The zero-order chi connectivity index (χ0) is 45.9. The molecule has 69 heavy (non-hydrogen) atoms. The number of carboxylic acid groups (broad SMARTS) is 1. The van der Waals surface area contributed by atoms with Crippen LogP contribution in [-0.4, -0.2) is 37.8 Å². The number of nitrogens with two attached hydrogens (primary N) is 2. The summed E-state index contributed by atoms with van der Waals surface area (Å²) in [7, 11) is -10.5. The Balaban J connectivity index is 0.00000327. The van der Waals surface area contributed by atoms with E-state index in [9.17, 15) is 40.6 Å². The van der Waals surface area contributed by atoms with Crippen molar-refractivity contribution < 1.29 is 197 Å². The molecule has 0 radical (unpaired) electrons. The second-order valence-electron chi connectivity index (χ2n) is 13.7. The van der Waals surface area contributed by atoms with Crippen molar-refractivity contribution in [2.24, 2.45) is 30.7 Å². The maximum atomic E-state index is 12.2. The minimum atomic E-state index is -5.27. The molecule has 0 heterocycles. The van der Waals surface area contributed by atoms with Gasteiger partial charge in [0.2, 0.25) is 0 Å². The molecule has 0 aromatic heterocycles. The summed E-state index contributed by atoms with van der Waals surface area (Å²) in [5.41, 5.74) is 15.5. The Labute approximate surface area is 505 Å². The van der Waals surface area contributed by atoms with Crippen LogP contribution in [0.2, 0.25) is 0 Å². The van der Waals surface area contributed by atoms with Crippen molar-refractivity contribution in [3.63, 3.8) is 0 Å². The van der Waals surface area contributed by atoms with Crippen molar-refractivity contribution >= 4 is 105 Å². The molecule has 0 bridgehead atoms. The third-order valence-corrected chi connectivity index (χ3v) is 9.84. The second-order valence-corrected chi connectivity index (χ2v) is 15.6. The summed E-state index contributed by atoms with van der Waals surface area (Å²) >= 11 is 0. The molecule has 7 rings (SSSR count). The minimum absolute atomic E-state index is 0. The van der Waals surface area contributed by atoms with Crippen LogP contribution in [0.3, 0.4) is 0 Å². The maximum Gasteiger partial charge on any atom is 1.00 e. The monoisotopic (exact) mass is 1010 g/mol. The minimum Gasteiger partial charge on any atom is -0.717 e. The van der Waals surface area contributed by atoms with Gasteiger partial charge in [-0.15, -0.1) is 28.0 Å². The molecule has 0 saturated heterocycles. The molecule has 5 N–H and O–H groups in total. The Morgan fingerprint density at radius 2 is 0.986 bits per heavy atom. The zero-order valence-electron chi connectivity index (χ0n) is 38.0. The molecule has 0 spiro atoms. The molecule has 1 amide bonds. The van der Waals surface area contributed by atoms with Crippen LogP contribution in [0.4, 0.5) is 51.2 Å². The Bertz CT molecular complexity index is 3410. The molecule has 27 heteroatoms. The van der Waals surface area contributed by atoms with Crippen molar-refractivity contribution in [2.75, 3.05) is 16.8 Å². The van der Waals surface area contributed by atoms with Crippen molar-refractivity contribution in [2.45, 2.75) is 13.8 Å². The SMILES string of the molecule is Cc1cc(-c2ccc(N=Nc3ccc(N=Nc4[c-]cc5ccc(N)cc5c4OS(=O)(=O)[O-])cc3NC(=O)C(=O)[O-])c(C)c2)ccc1N=Nc1[c-]cc2ccc(N)cc2c1OS(=O)(=O)[O-].[Na+].[Na+].[Na+].[Na+].[Na+]. The third-order valence-electron chi connectivity index (χ3n) is 9.10. The van der Waals surface area contributed by atoms with E-state index in [2.05, 4.69) is 52.3 Å². The number of amides is 1. The van der Waals surface area contributed by atoms with Gasteiger partial charge in [-0.2, -0.15) is 49.8 Å². The van der Waals surface area contributed by atoms with Gasteiger partial charge in [-0.1, -0.05) is 47.2 Å². The first kappa shape index (κ1) is 61.9. The number of hydrogen-bond acceptors (Lipinski definition) is 19. The van der Waals surface area contributed by atoms with E-state index in [0.717, 1.165) is 11.1 Å². The van der Waals surface area contributed by atoms with E-state index in [1.807, 2.05) is 12.1 Å². The maximum absolute atomic E-state index is 12.2. The summed E-state index contributed by atoms with van der Waals surface area (Å²) in [6.07, 6.45) is 0. The van der Waals surface area contributed by atoms with Gasteiger partial charge in [0.05, 0.1) is 34.2 Å². The first-order valence-electron chi connectivity index (χ1n) is 18.2. The van der Waals surface area contributed by atoms with Gasteiger partial charge in [-0.3, -0.25) is 4.79 Å². The summed E-state index contributed by atoms with van der Waals surface area (Å²) in [6, 6.07) is 32.1. The zero-order valence-corrected chi connectivity index (χ0v) is 49.6. The summed E-state index contributed by atoms with van der Waals surface area (Å²) in [5, 5.41) is 39.7. The number of carbonyl (C=O) groups excluding carboxylic acids is 2. The number of anilines is 3. The van der Waals surface area contributed by atoms with Crippen LogP contribution >= 0.6 is 0 Å². The standard InChI is InChI=1S/C42H31N9O11S2.5Na/c1-22-17-26(27-8-13-34(23(2)18-27)48-51-37-15-6-25-4-10-29(44)20-32(25)40(37)62-64(58,59)60)7-12-33(22)47-49-35-16-11-30(21-38(35)45-41(52)42(53)54)46-50-36-14-5-24-3-9-28(43)19-31(24)39(36)61-63(55,56)57;;;;;/h3-13,16-21H,43-44H2,1-2H3,(H,45,52)(H,53,54)(H,55,56,57)(H,58,59,60);;;;;/q-2;5*+1/p-3.